The molecule has 1 aromatic heterocycles. The van der Waals surface area contributed by atoms with Crippen molar-refractivity contribution in [3.8, 4) is 0 Å². The predicted octanol–water partition coefficient (Wildman–Crippen LogP) is 2.40. The summed E-state index contributed by atoms with van der Waals surface area (Å²) in [6.07, 6.45) is 2.32. The van der Waals surface area contributed by atoms with Crippen LogP contribution in [0.15, 0.2) is 12.3 Å². The Morgan fingerprint density at radius 3 is 2.83 bits per heavy atom. The van der Waals surface area contributed by atoms with Crippen LogP contribution in [0.4, 0.5) is 10.2 Å². The number of aromatic carboxylic acids is 1. The van der Waals surface area contributed by atoms with Gasteiger partial charge in [0, 0.05) is 19.3 Å². The van der Waals surface area contributed by atoms with Crippen LogP contribution in [0.25, 0.3) is 0 Å². The molecule has 0 radical (unpaired) electrons. The number of carboxylic acids is 1. The second-order valence-electron chi connectivity index (χ2n) is 4.99. The second-order valence-corrected chi connectivity index (χ2v) is 4.99. The molecule has 1 saturated heterocycles. The summed E-state index contributed by atoms with van der Waals surface area (Å²) >= 11 is 0. The lowest BCUT2D eigenvalue weighted by Crippen LogP contribution is -2.39. The van der Waals surface area contributed by atoms with E-state index in [1.165, 1.54) is 12.3 Å². The molecule has 1 aliphatic rings. The van der Waals surface area contributed by atoms with Crippen LogP contribution in [0.3, 0.4) is 0 Å². The lowest BCUT2D eigenvalue weighted by atomic mass is 9.88. The zero-order valence-electron chi connectivity index (χ0n) is 10.6. The first-order chi connectivity index (χ1) is 8.50. The van der Waals surface area contributed by atoms with Crippen LogP contribution in [0, 0.1) is 17.7 Å². The van der Waals surface area contributed by atoms with Gasteiger partial charge in [-0.05, 0) is 24.3 Å². The Balaban J connectivity index is 2.29. The molecular weight excluding hydrogens is 235 g/mol. The summed E-state index contributed by atoms with van der Waals surface area (Å²) in [5.74, 6) is -0.768. The minimum Gasteiger partial charge on any atom is -0.478 e. The molecular formula is C13H17FN2O2. The van der Waals surface area contributed by atoms with Crippen molar-refractivity contribution in [1.29, 1.82) is 0 Å². The lowest BCUT2D eigenvalue weighted by molar-refractivity contribution is 0.0691. The first kappa shape index (κ1) is 12.8. The maximum atomic E-state index is 14.0. The molecule has 5 heteroatoms. The van der Waals surface area contributed by atoms with Crippen molar-refractivity contribution in [2.45, 2.75) is 20.3 Å². The number of pyridine rings is 1. The first-order valence-electron chi connectivity index (χ1n) is 6.13. The first-order valence-corrected chi connectivity index (χ1v) is 6.13. The van der Waals surface area contributed by atoms with Gasteiger partial charge in [0.05, 0.1) is 0 Å². The van der Waals surface area contributed by atoms with E-state index in [9.17, 15) is 9.18 Å². The lowest BCUT2D eigenvalue weighted by Gasteiger charge is -2.36. The predicted molar refractivity (Wildman–Crippen MR) is 66.3 cm³/mol. The molecule has 1 aromatic rings. The number of aromatic nitrogens is 1. The van der Waals surface area contributed by atoms with Gasteiger partial charge in [0.15, 0.2) is 11.6 Å². The van der Waals surface area contributed by atoms with E-state index in [-0.39, 0.29) is 11.4 Å². The molecule has 1 fully saturated rings. The molecule has 4 nitrogen and oxygen atoms in total. The molecule has 2 atom stereocenters. The van der Waals surface area contributed by atoms with Gasteiger partial charge in [-0.25, -0.2) is 14.2 Å². The number of piperidine rings is 1. The van der Waals surface area contributed by atoms with E-state index in [2.05, 4.69) is 18.8 Å². The van der Waals surface area contributed by atoms with Gasteiger partial charge in [0.25, 0.3) is 0 Å². The summed E-state index contributed by atoms with van der Waals surface area (Å²) in [5.41, 5.74) is -0.314. The van der Waals surface area contributed by atoms with Gasteiger partial charge in [-0.3, -0.25) is 0 Å². The fraction of sp³-hybridized carbons (Fsp3) is 0.538. The minimum absolute atomic E-state index is 0.161. The van der Waals surface area contributed by atoms with Gasteiger partial charge in [0.1, 0.15) is 5.56 Å². The van der Waals surface area contributed by atoms with Crippen molar-refractivity contribution in [3.05, 3.63) is 23.6 Å². The Bertz CT molecular complexity index is 464. The van der Waals surface area contributed by atoms with Crippen LogP contribution in [0.1, 0.15) is 30.6 Å². The molecule has 0 aromatic carbocycles. The molecule has 0 amide bonds. The third-order valence-electron chi connectivity index (χ3n) is 3.73. The molecule has 2 rings (SSSR count). The Labute approximate surface area is 105 Å². The fourth-order valence-corrected chi connectivity index (χ4v) is 2.27. The van der Waals surface area contributed by atoms with Gasteiger partial charge in [-0.2, -0.15) is 0 Å². The van der Waals surface area contributed by atoms with Crippen LogP contribution in [-0.2, 0) is 0 Å². The van der Waals surface area contributed by atoms with Crippen molar-refractivity contribution in [3.63, 3.8) is 0 Å². The van der Waals surface area contributed by atoms with Crippen molar-refractivity contribution < 1.29 is 14.3 Å². The number of hydrogen-bond donors (Lipinski definition) is 1. The minimum atomic E-state index is -1.26. The van der Waals surface area contributed by atoms with Crippen molar-refractivity contribution in [2.24, 2.45) is 11.8 Å². The van der Waals surface area contributed by atoms with Crippen molar-refractivity contribution >= 4 is 11.8 Å². The van der Waals surface area contributed by atoms with E-state index in [1.54, 1.807) is 0 Å². The highest BCUT2D eigenvalue weighted by Gasteiger charge is 2.26. The monoisotopic (exact) mass is 252 g/mol. The zero-order valence-corrected chi connectivity index (χ0v) is 10.6. The molecule has 0 aliphatic carbocycles. The number of carbonyl (C=O) groups is 1. The number of carboxylic acid groups (broad SMARTS) is 1. The summed E-state index contributed by atoms with van der Waals surface area (Å²) in [6.45, 7) is 5.74. The number of nitrogens with zero attached hydrogens (tertiary/aromatic N) is 2. The molecule has 0 spiro atoms. The van der Waals surface area contributed by atoms with Gasteiger partial charge in [-0.1, -0.05) is 13.8 Å². The normalized spacial score (nSPS) is 24.1. The zero-order chi connectivity index (χ0) is 13.3. The largest absolute Gasteiger partial charge is 0.478 e. The number of rotatable bonds is 2. The highest BCUT2D eigenvalue weighted by Crippen LogP contribution is 2.28. The van der Waals surface area contributed by atoms with Gasteiger partial charge in [-0.15, -0.1) is 0 Å². The smallest absolute Gasteiger partial charge is 0.338 e. The topological polar surface area (TPSA) is 53.4 Å². The van der Waals surface area contributed by atoms with Gasteiger partial charge >= 0.3 is 5.97 Å². The highest BCUT2D eigenvalue weighted by molar-refractivity contribution is 5.88. The molecule has 0 saturated carbocycles. The maximum Gasteiger partial charge on any atom is 0.338 e. The Morgan fingerprint density at radius 1 is 1.50 bits per heavy atom. The SMILES string of the molecule is CC1CCN(c2nccc(C(=O)O)c2F)CC1C. The Hall–Kier alpha value is -1.65. The Kier molecular flexibility index (Phi) is 3.50. The van der Waals surface area contributed by atoms with E-state index in [0.717, 1.165) is 13.0 Å². The summed E-state index contributed by atoms with van der Waals surface area (Å²) in [5, 5.41) is 8.90. The third-order valence-corrected chi connectivity index (χ3v) is 3.73. The third kappa shape index (κ3) is 2.30. The Morgan fingerprint density at radius 2 is 2.22 bits per heavy atom. The molecule has 98 valence electrons. The van der Waals surface area contributed by atoms with Crippen LogP contribution >= 0.6 is 0 Å². The molecule has 0 bridgehead atoms. The standard InChI is InChI=1S/C13H17FN2O2/c1-8-4-6-16(7-9(8)2)12-11(14)10(13(17)18)3-5-15-12/h3,5,8-9H,4,6-7H2,1-2H3,(H,17,18). The van der Waals surface area contributed by atoms with Crippen LogP contribution < -0.4 is 4.90 Å². The average molecular weight is 252 g/mol. The quantitative estimate of drug-likeness (QED) is 0.878. The second kappa shape index (κ2) is 4.92. The van der Waals surface area contributed by atoms with E-state index in [4.69, 9.17) is 5.11 Å². The highest BCUT2D eigenvalue weighted by atomic mass is 19.1. The number of anilines is 1. The number of hydrogen-bond acceptors (Lipinski definition) is 3. The van der Waals surface area contributed by atoms with Crippen LogP contribution in [0.2, 0.25) is 0 Å². The fourth-order valence-electron chi connectivity index (χ4n) is 2.27. The summed E-state index contributed by atoms with van der Waals surface area (Å²) < 4.78 is 14.0. The molecule has 1 N–H and O–H groups in total. The van der Waals surface area contributed by atoms with Crippen molar-refractivity contribution in [1.82, 2.24) is 4.98 Å². The number of halogens is 1. The summed E-state index contributed by atoms with van der Waals surface area (Å²) in [4.78, 5) is 16.7. The van der Waals surface area contributed by atoms with E-state index < -0.39 is 11.8 Å². The van der Waals surface area contributed by atoms with Gasteiger partial charge < -0.3 is 10.0 Å². The van der Waals surface area contributed by atoms with Crippen LogP contribution in [-0.4, -0.2) is 29.1 Å². The van der Waals surface area contributed by atoms with E-state index >= 15 is 0 Å². The molecule has 2 heterocycles. The molecule has 1 aliphatic heterocycles. The van der Waals surface area contributed by atoms with E-state index in [0.29, 0.717) is 18.4 Å². The summed E-state index contributed by atoms with van der Waals surface area (Å²) in [7, 11) is 0. The average Bonchev–Trinajstić information content (AvgIpc) is 2.33. The van der Waals surface area contributed by atoms with E-state index in [1.807, 2.05) is 4.90 Å². The van der Waals surface area contributed by atoms with Gasteiger partial charge in [0.2, 0.25) is 0 Å². The summed E-state index contributed by atoms with van der Waals surface area (Å²) in [6, 6.07) is 1.19. The molecule has 2 unspecified atom stereocenters. The maximum absolute atomic E-state index is 14.0. The molecule has 18 heavy (non-hydrogen) atoms. The van der Waals surface area contributed by atoms with Crippen molar-refractivity contribution in [2.75, 3.05) is 18.0 Å². The van der Waals surface area contributed by atoms with Crippen LogP contribution in [0.5, 0.6) is 0 Å².